The van der Waals surface area contributed by atoms with Crippen LogP contribution in [-0.2, 0) is 14.3 Å². The molecule has 0 saturated carbocycles. The highest BCUT2D eigenvalue weighted by molar-refractivity contribution is 5.94. The van der Waals surface area contributed by atoms with Crippen molar-refractivity contribution in [1.82, 2.24) is 0 Å². The third-order valence-electron chi connectivity index (χ3n) is 2.28. The van der Waals surface area contributed by atoms with Gasteiger partial charge in [0.1, 0.15) is 0 Å². The second-order valence-corrected chi connectivity index (χ2v) is 5.39. The molecule has 1 fully saturated rings. The van der Waals surface area contributed by atoms with E-state index >= 15 is 0 Å². The molecule has 1 atom stereocenters. The maximum atomic E-state index is 11.2. The first-order valence-electron chi connectivity index (χ1n) is 5.19. The minimum Gasteiger partial charge on any atom is -0.393 e. The summed E-state index contributed by atoms with van der Waals surface area (Å²) in [6, 6.07) is 0. The van der Waals surface area contributed by atoms with Gasteiger partial charge in [0, 0.05) is 0 Å². The van der Waals surface area contributed by atoms with Gasteiger partial charge < -0.3 is 4.74 Å². The van der Waals surface area contributed by atoms with Crippen molar-refractivity contribution in [3.63, 3.8) is 0 Å². The lowest BCUT2D eigenvalue weighted by Gasteiger charge is -2.20. The van der Waals surface area contributed by atoms with E-state index < -0.39 is 11.9 Å². The van der Waals surface area contributed by atoms with E-state index in [1.165, 1.54) is 0 Å². The number of allylic oxidation sites excluding steroid dienone is 1. The lowest BCUT2D eigenvalue weighted by atomic mass is 9.85. The fourth-order valence-electron chi connectivity index (χ4n) is 1.85. The highest BCUT2D eigenvalue weighted by atomic mass is 16.6. The molecule has 1 aliphatic heterocycles. The molecule has 0 spiro atoms. The molecule has 1 heterocycles. The van der Waals surface area contributed by atoms with Crippen LogP contribution in [0.25, 0.3) is 0 Å². The Morgan fingerprint density at radius 1 is 1.47 bits per heavy atom. The van der Waals surface area contributed by atoms with Gasteiger partial charge in [-0.25, -0.2) is 0 Å². The van der Waals surface area contributed by atoms with Crippen LogP contribution in [-0.4, -0.2) is 11.9 Å². The van der Waals surface area contributed by atoms with Crippen LogP contribution in [0, 0.1) is 11.3 Å². The highest BCUT2D eigenvalue weighted by Crippen LogP contribution is 2.30. The summed E-state index contributed by atoms with van der Waals surface area (Å²) in [4.78, 5) is 22.1. The average Bonchev–Trinajstić information content (AvgIpc) is 2.25. The molecular formula is C12H18O3. The fraction of sp³-hybridized carbons (Fsp3) is 0.667. The molecular weight excluding hydrogens is 192 g/mol. The third kappa shape index (κ3) is 3.86. The Morgan fingerprint density at radius 2 is 2.07 bits per heavy atom. The highest BCUT2D eigenvalue weighted by Gasteiger charge is 2.33. The molecule has 0 aromatic carbocycles. The number of esters is 2. The van der Waals surface area contributed by atoms with Gasteiger partial charge in [0.15, 0.2) is 0 Å². The van der Waals surface area contributed by atoms with Crippen molar-refractivity contribution in [2.45, 2.75) is 40.0 Å². The molecule has 0 aromatic rings. The van der Waals surface area contributed by atoms with Crippen molar-refractivity contribution >= 4 is 11.9 Å². The van der Waals surface area contributed by atoms with Crippen molar-refractivity contribution in [2.75, 3.05) is 0 Å². The summed E-state index contributed by atoms with van der Waals surface area (Å²) in [6.07, 6.45) is 1.65. The maximum Gasteiger partial charge on any atom is 0.317 e. The molecule has 0 amide bonds. The fourth-order valence-corrected chi connectivity index (χ4v) is 1.85. The summed E-state index contributed by atoms with van der Waals surface area (Å²) < 4.78 is 4.49. The first kappa shape index (κ1) is 12.0. The maximum absolute atomic E-state index is 11.2. The number of ether oxygens (including phenoxy) is 1. The Bertz CT molecular complexity index is 296. The van der Waals surface area contributed by atoms with Crippen LogP contribution >= 0.6 is 0 Å². The van der Waals surface area contributed by atoms with Gasteiger partial charge in [-0.2, -0.15) is 0 Å². The van der Waals surface area contributed by atoms with E-state index in [-0.39, 0.29) is 17.8 Å². The zero-order valence-corrected chi connectivity index (χ0v) is 9.63. The summed E-state index contributed by atoms with van der Waals surface area (Å²) in [7, 11) is 0. The Labute approximate surface area is 90.5 Å². The molecule has 0 bridgehead atoms. The van der Waals surface area contributed by atoms with Gasteiger partial charge in [-0.1, -0.05) is 32.9 Å². The third-order valence-corrected chi connectivity index (χ3v) is 2.28. The Hall–Kier alpha value is -1.12. The molecule has 1 saturated heterocycles. The van der Waals surface area contributed by atoms with E-state index in [2.05, 4.69) is 32.1 Å². The summed E-state index contributed by atoms with van der Waals surface area (Å²) in [5.74, 6) is -1.10. The molecule has 1 rings (SSSR count). The minimum atomic E-state index is -0.409. The predicted molar refractivity (Wildman–Crippen MR) is 57.0 cm³/mol. The Kier molecular flexibility index (Phi) is 3.32. The van der Waals surface area contributed by atoms with Crippen LogP contribution in [0.1, 0.15) is 40.0 Å². The summed E-state index contributed by atoms with van der Waals surface area (Å²) in [5.41, 5.74) is 1.18. The molecule has 0 radical (unpaired) electrons. The smallest absolute Gasteiger partial charge is 0.317 e. The van der Waals surface area contributed by atoms with Crippen LogP contribution in [0.15, 0.2) is 12.2 Å². The molecule has 0 unspecified atom stereocenters. The normalized spacial score (nSPS) is 21.7. The molecule has 3 heteroatoms. The molecule has 84 valence electrons. The standard InChI is InChI=1S/C12H18O3/c1-8(7-12(2,3)4)5-9-6-10(13)15-11(9)14/h9H,1,5-7H2,2-4H3/t9-/m1/s1. The Balaban J connectivity index is 2.45. The van der Waals surface area contributed by atoms with Gasteiger partial charge in [-0.3, -0.25) is 9.59 Å². The molecule has 0 aliphatic carbocycles. The van der Waals surface area contributed by atoms with Gasteiger partial charge in [0.05, 0.1) is 12.3 Å². The predicted octanol–water partition coefficient (Wildman–Crippen LogP) is 2.46. The zero-order chi connectivity index (χ0) is 11.6. The molecule has 1 aliphatic rings. The number of cyclic esters (lactones) is 2. The minimum absolute atomic E-state index is 0.170. The molecule has 15 heavy (non-hydrogen) atoms. The second-order valence-electron chi connectivity index (χ2n) is 5.39. The molecule has 0 N–H and O–H groups in total. The van der Waals surface area contributed by atoms with Gasteiger partial charge in [0.2, 0.25) is 0 Å². The van der Waals surface area contributed by atoms with Gasteiger partial charge in [-0.05, 0) is 18.3 Å². The van der Waals surface area contributed by atoms with E-state index in [4.69, 9.17) is 0 Å². The zero-order valence-electron chi connectivity index (χ0n) is 9.63. The van der Waals surface area contributed by atoms with Gasteiger partial charge in [0.25, 0.3) is 0 Å². The van der Waals surface area contributed by atoms with E-state index in [9.17, 15) is 9.59 Å². The monoisotopic (exact) mass is 210 g/mol. The lowest BCUT2D eigenvalue weighted by Crippen LogP contribution is -2.12. The molecule has 0 aromatic heterocycles. The van der Waals surface area contributed by atoms with E-state index in [1.807, 2.05) is 0 Å². The largest absolute Gasteiger partial charge is 0.393 e. The van der Waals surface area contributed by atoms with Crippen LogP contribution in [0.4, 0.5) is 0 Å². The van der Waals surface area contributed by atoms with Crippen LogP contribution in [0.3, 0.4) is 0 Å². The SMILES string of the molecule is C=C(C[C@@H]1CC(=O)OC1=O)CC(C)(C)C. The van der Waals surface area contributed by atoms with Crippen molar-refractivity contribution in [2.24, 2.45) is 11.3 Å². The quantitative estimate of drug-likeness (QED) is 0.408. The van der Waals surface area contributed by atoms with Crippen molar-refractivity contribution in [3.8, 4) is 0 Å². The molecule has 3 nitrogen and oxygen atoms in total. The first-order valence-corrected chi connectivity index (χ1v) is 5.19. The number of rotatable bonds is 3. The van der Waals surface area contributed by atoms with Gasteiger partial charge >= 0.3 is 11.9 Å². The van der Waals surface area contributed by atoms with Crippen LogP contribution in [0.5, 0.6) is 0 Å². The van der Waals surface area contributed by atoms with Crippen molar-refractivity contribution < 1.29 is 14.3 Å². The summed E-state index contributed by atoms with van der Waals surface area (Å²) in [5, 5.41) is 0. The number of hydrogen-bond donors (Lipinski definition) is 0. The summed E-state index contributed by atoms with van der Waals surface area (Å²) in [6.45, 7) is 10.3. The van der Waals surface area contributed by atoms with Crippen LogP contribution < -0.4 is 0 Å². The lowest BCUT2D eigenvalue weighted by molar-refractivity contribution is -0.153. The number of carbonyl (C=O) groups is 2. The van der Waals surface area contributed by atoms with E-state index in [1.54, 1.807) is 0 Å². The number of carbonyl (C=O) groups excluding carboxylic acids is 2. The van der Waals surface area contributed by atoms with Crippen LogP contribution in [0.2, 0.25) is 0 Å². The van der Waals surface area contributed by atoms with E-state index in [0.717, 1.165) is 12.0 Å². The van der Waals surface area contributed by atoms with E-state index in [0.29, 0.717) is 6.42 Å². The topological polar surface area (TPSA) is 43.4 Å². The summed E-state index contributed by atoms with van der Waals surface area (Å²) >= 11 is 0. The Morgan fingerprint density at radius 3 is 2.47 bits per heavy atom. The average molecular weight is 210 g/mol. The second kappa shape index (κ2) is 4.17. The van der Waals surface area contributed by atoms with Gasteiger partial charge in [-0.15, -0.1) is 0 Å². The first-order chi connectivity index (χ1) is 6.78. The van der Waals surface area contributed by atoms with Crippen molar-refractivity contribution in [3.05, 3.63) is 12.2 Å². The number of hydrogen-bond acceptors (Lipinski definition) is 3. The van der Waals surface area contributed by atoms with Crippen molar-refractivity contribution in [1.29, 1.82) is 0 Å².